The lowest BCUT2D eigenvalue weighted by molar-refractivity contribution is -0.140. The molecule has 4 aliphatic rings. The van der Waals surface area contributed by atoms with Gasteiger partial charge in [-0.1, -0.05) is 42.4 Å². The summed E-state index contributed by atoms with van der Waals surface area (Å²) >= 11 is 1.14. The van der Waals surface area contributed by atoms with Gasteiger partial charge < -0.3 is 20.3 Å². The zero-order valence-electron chi connectivity index (χ0n) is 27.5. The number of ether oxygens (including phenoxy) is 1. The fraction of sp³-hybridized carbons (Fsp3) is 0.486. The van der Waals surface area contributed by atoms with Crippen LogP contribution in [-0.2, 0) is 24.4 Å². The Morgan fingerprint density at radius 2 is 1.90 bits per heavy atom. The van der Waals surface area contributed by atoms with Crippen LogP contribution in [0.2, 0.25) is 0 Å². The second kappa shape index (κ2) is 13.2. The van der Waals surface area contributed by atoms with E-state index in [1.807, 2.05) is 12.2 Å². The molecule has 3 heterocycles. The Balaban J connectivity index is 1.19. The standard InChI is InChI=1S/C35H39F2N5O6S2/c1-34(14-15-34)50(46,47)41-32(45)35-19-21(35)8-5-3-2-4-6-11-27(38-24-10-7-9-22(36)16-24)31(44)42-20-25(18-28(42)30(43)40-35)48-33-39-26-13-12-23(37)17-29(26)49-33/h5,7-10,12-13,16-17,21,25,27-28,38H,2-4,6,11,14-15,18-20H2,1H3,(H,40,43)(H,41,45)/t21-,25-,27+,28+,35-/m1/s1. The molecule has 50 heavy (non-hydrogen) atoms. The summed E-state index contributed by atoms with van der Waals surface area (Å²) in [4.78, 5) is 48.2. The quantitative estimate of drug-likeness (QED) is 0.295. The maximum Gasteiger partial charge on any atom is 0.274 e. The van der Waals surface area contributed by atoms with Gasteiger partial charge in [0.25, 0.3) is 11.1 Å². The number of amides is 3. The van der Waals surface area contributed by atoms with E-state index < -0.39 is 73.8 Å². The van der Waals surface area contributed by atoms with Crippen LogP contribution in [0.25, 0.3) is 10.2 Å². The van der Waals surface area contributed by atoms with Crippen molar-refractivity contribution < 1.29 is 36.3 Å². The first-order chi connectivity index (χ1) is 23.9. The Morgan fingerprint density at radius 3 is 2.68 bits per heavy atom. The van der Waals surface area contributed by atoms with Gasteiger partial charge in [0.05, 0.1) is 21.5 Å². The summed E-state index contributed by atoms with van der Waals surface area (Å²) < 4.78 is 62.1. The van der Waals surface area contributed by atoms with Crippen LogP contribution in [0.3, 0.4) is 0 Å². The van der Waals surface area contributed by atoms with Crippen molar-refractivity contribution in [2.24, 2.45) is 5.92 Å². The van der Waals surface area contributed by atoms with Gasteiger partial charge in [0.1, 0.15) is 35.4 Å². The number of rotatable bonds is 7. The number of aromatic nitrogens is 1. The molecule has 3 aromatic rings. The van der Waals surface area contributed by atoms with Crippen molar-refractivity contribution in [2.75, 3.05) is 11.9 Å². The van der Waals surface area contributed by atoms with Crippen LogP contribution in [0, 0.1) is 17.6 Å². The molecule has 3 N–H and O–H groups in total. The van der Waals surface area contributed by atoms with Gasteiger partial charge in [0.2, 0.25) is 21.8 Å². The summed E-state index contributed by atoms with van der Waals surface area (Å²) in [6.07, 6.45) is 7.71. The zero-order valence-corrected chi connectivity index (χ0v) is 29.1. The third kappa shape index (κ3) is 6.94. The number of fused-ring (bicyclic) bond motifs is 3. The molecule has 11 nitrogen and oxygen atoms in total. The summed E-state index contributed by atoms with van der Waals surface area (Å²) in [5.41, 5.74) is -0.542. The smallest absolute Gasteiger partial charge is 0.274 e. The molecule has 2 aromatic carbocycles. The first-order valence-electron chi connectivity index (χ1n) is 17.0. The van der Waals surface area contributed by atoms with E-state index in [4.69, 9.17) is 4.74 Å². The highest BCUT2D eigenvalue weighted by Gasteiger charge is 2.63. The van der Waals surface area contributed by atoms with Gasteiger partial charge >= 0.3 is 0 Å². The van der Waals surface area contributed by atoms with Gasteiger partial charge in [-0.2, -0.15) is 0 Å². The lowest BCUT2D eigenvalue weighted by atomic mass is 10.0. The number of hydrogen-bond donors (Lipinski definition) is 3. The third-order valence-electron chi connectivity index (χ3n) is 10.2. The first-order valence-corrected chi connectivity index (χ1v) is 19.3. The molecule has 1 aromatic heterocycles. The normalized spacial score (nSPS) is 28.1. The summed E-state index contributed by atoms with van der Waals surface area (Å²) in [5, 5.41) is 6.29. The summed E-state index contributed by atoms with van der Waals surface area (Å²) in [6.45, 7) is 1.59. The average Bonchev–Trinajstić information content (AvgIpc) is 3.88. The van der Waals surface area contributed by atoms with Gasteiger partial charge in [-0.15, -0.1) is 0 Å². The van der Waals surface area contributed by atoms with Crippen LogP contribution >= 0.6 is 11.3 Å². The maximum atomic E-state index is 14.4. The van der Waals surface area contributed by atoms with Crippen molar-refractivity contribution in [3.8, 4) is 5.19 Å². The number of allylic oxidation sites excluding steroid dienone is 1. The maximum absolute atomic E-state index is 14.4. The van der Waals surface area contributed by atoms with Crippen LogP contribution in [0.5, 0.6) is 5.19 Å². The Kier molecular flexibility index (Phi) is 9.08. The zero-order chi connectivity index (χ0) is 35.3. The van der Waals surface area contributed by atoms with Gasteiger partial charge in [-0.25, -0.2) is 22.2 Å². The van der Waals surface area contributed by atoms with Crippen LogP contribution in [0.1, 0.15) is 64.7 Å². The molecule has 0 spiro atoms. The van der Waals surface area contributed by atoms with Crippen molar-refractivity contribution in [1.82, 2.24) is 19.9 Å². The minimum absolute atomic E-state index is 0.0117. The summed E-state index contributed by atoms with van der Waals surface area (Å²) in [5.74, 6) is -3.11. The SMILES string of the molecule is CC1(S(=O)(=O)NC(=O)[C@@]23C[C@H]2C=CCCCCC[C@H](Nc2cccc(F)c2)C(=O)N2C[C@H](Oc4nc5ccc(F)cc5s4)C[C@H]2C(=O)N3)CC1. The van der Waals surface area contributed by atoms with E-state index in [-0.39, 0.29) is 24.6 Å². The van der Waals surface area contributed by atoms with Gasteiger partial charge in [-0.05, 0) is 81.8 Å². The lowest BCUT2D eigenvalue weighted by Gasteiger charge is -2.30. The highest BCUT2D eigenvalue weighted by atomic mass is 32.2. The number of nitrogens with one attached hydrogen (secondary N) is 3. The van der Waals surface area contributed by atoms with Crippen molar-refractivity contribution in [3.63, 3.8) is 0 Å². The molecule has 3 amide bonds. The third-order valence-corrected chi connectivity index (χ3v) is 13.3. The second-order valence-electron chi connectivity index (χ2n) is 14.0. The molecule has 266 valence electrons. The largest absolute Gasteiger partial charge is 0.465 e. The summed E-state index contributed by atoms with van der Waals surface area (Å²) in [6, 6.07) is 8.14. The molecule has 2 aliphatic heterocycles. The predicted octanol–water partition coefficient (Wildman–Crippen LogP) is 4.80. The van der Waals surface area contributed by atoms with E-state index in [9.17, 15) is 31.6 Å². The fourth-order valence-electron chi connectivity index (χ4n) is 6.80. The van der Waals surface area contributed by atoms with Crippen molar-refractivity contribution in [2.45, 2.75) is 93.2 Å². The van der Waals surface area contributed by atoms with Crippen LogP contribution in [0.15, 0.2) is 54.6 Å². The molecule has 0 unspecified atom stereocenters. The average molecular weight is 728 g/mol. The van der Waals surface area contributed by atoms with Crippen molar-refractivity contribution >= 4 is 55.0 Å². The molecular weight excluding hydrogens is 689 g/mol. The number of anilines is 1. The first kappa shape index (κ1) is 34.3. The molecular formula is C35H39F2N5O6S2. The number of benzene rings is 2. The molecule has 0 bridgehead atoms. The molecule has 7 rings (SSSR count). The number of halogens is 2. The Bertz CT molecular complexity index is 1970. The Hall–Kier alpha value is -4.11. The number of sulfonamides is 1. The molecule has 0 radical (unpaired) electrons. The van der Waals surface area contributed by atoms with Crippen LogP contribution in [0.4, 0.5) is 14.5 Å². The van der Waals surface area contributed by atoms with Crippen LogP contribution in [-0.4, -0.2) is 71.0 Å². The van der Waals surface area contributed by atoms with Crippen molar-refractivity contribution in [1.29, 1.82) is 0 Å². The molecule has 1 saturated heterocycles. The predicted molar refractivity (Wildman–Crippen MR) is 184 cm³/mol. The van der Waals surface area contributed by atoms with Gasteiger partial charge in [0.15, 0.2) is 0 Å². The Labute approximate surface area is 292 Å². The molecule has 3 fully saturated rings. The van der Waals surface area contributed by atoms with E-state index in [1.165, 1.54) is 29.2 Å². The van der Waals surface area contributed by atoms with E-state index in [2.05, 4.69) is 20.3 Å². The molecule has 2 aliphatic carbocycles. The van der Waals surface area contributed by atoms with E-state index in [0.29, 0.717) is 48.0 Å². The summed E-state index contributed by atoms with van der Waals surface area (Å²) in [7, 11) is -3.98. The van der Waals surface area contributed by atoms with Gasteiger partial charge in [-0.3, -0.25) is 19.1 Å². The lowest BCUT2D eigenvalue weighted by Crippen LogP contribution is -2.58. The minimum atomic E-state index is -3.98. The second-order valence-corrected chi connectivity index (χ2v) is 17.2. The monoisotopic (exact) mass is 727 g/mol. The van der Waals surface area contributed by atoms with E-state index >= 15 is 0 Å². The minimum Gasteiger partial charge on any atom is -0.465 e. The highest BCUT2D eigenvalue weighted by molar-refractivity contribution is 7.91. The van der Waals surface area contributed by atoms with Crippen molar-refractivity contribution in [3.05, 3.63) is 66.3 Å². The van der Waals surface area contributed by atoms with Gasteiger partial charge in [0, 0.05) is 18.0 Å². The molecule has 2 saturated carbocycles. The number of nitrogens with zero attached hydrogens (tertiary/aromatic N) is 2. The molecule has 15 heteroatoms. The van der Waals surface area contributed by atoms with E-state index in [1.54, 1.807) is 25.1 Å². The number of hydrogen-bond acceptors (Lipinski definition) is 9. The van der Waals surface area contributed by atoms with Crippen LogP contribution < -0.4 is 20.1 Å². The molecule has 5 atom stereocenters. The Morgan fingerprint density at radius 1 is 1.10 bits per heavy atom. The highest BCUT2D eigenvalue weighted by Crippen LogP contribution is 2.47. The number of carbonyl (C=O) groups is 3. The fourth-order valence-corrected chi connectivity index (χ4v) is 9.01. The van der Waals surface area contributed by atoms with E-state index in [0.717, 1.165) is 24.2 Å². The number of thiazole rings is 1. The number of carbonyl (C=O) groups excluding carboxylic acids is 3. The topological polar surface area (TPSA) is 147 Å².